The van der Waals surface area contributed by atoms with Crippen LogP contribution in [-0.4, -0.2) is 42.6 Å². The summed E-state index contributed by atoms with van der Waals surface area (Å²) in [5.74, 6) is 1.47. The third-order valence-corrected chi connectivity index (χ3v) is 5.35. The summed E-state index contributed by atoms with van der Waals surface area (Å²) in [5.41, 5.74) is 5.58. The molecule has 1 saturated heterocycles. The maximum absolute atomic E-state index is 6.07. The van der Waals surface area contributed by atoms with E-state index in [1.807, 2.05) is 37.4 Å². The summed E-state index contributed by atoms with van der Waals surface area (Å²) in [6.07, 6.45) is 1.73. The van der Waals surface area contributed by atoms with Gasteiger partial charge in [-0.2, -0.15) is 0 Å². The maximum Gasteiger partial charge on any atom is 0.226 e. The quantitative estimate of drug-likeness (QED) is 0.299. The third kappa shape index (κ3) is 5.65. The zero-order chi connectivity index (χ0) is 20.9. The molecule has 1 aliphatic rings. The highest BCUT2D eigenvalue weighted by Gasteiger charge is 2.25. The molecule has 0 bridgehead atoms. The summed E-state index contributed by atoms with van der Waals surface area (Å²) < 4.78 is 11.7. The second-order valence-corrected chi connectivity index (χ2v) is 7.58. The Hall–Kier alpha value is -2.39. The summed E-state index contributed by atoms with van der Waals surface area (Å²) in [7, 11) is 1.81. The van der Waals surface area contributed by atoms with Crippen LogP contribution in [0.25, 0.3) is 11.5 Å². The molecular weight excluding hydrogens is 503 g/mol. The molecule has 1 N–H and O–H groups in total. The van der Waals surface area contributed by atoms with Crippen LogP contribution >= 0.6 is 24.0 Å². The van der Waals surface area contributed by atoms with Crippen LogP contribution in [0.4, 0.5) is 0 Å². The fraction of sp³-hybridized carbons (Fsp3) is 0.333. The molecule has 0 radical (unpaired) electrons. The lowest BCUT2D eigenvalue weighted by atomic mass is 10.00. The highest BCUT2D eigenvalue weighted by molar-refractivity contribution is 14.0. The fourth-order valence-electron chi connectivity index (χ4n) is 3.82. The molecule has 2 heterocycles. The Labute approximate surface area is 200 Å². The van der Waals surface area contributed by atoms with Crippen molar-refractivity contribution in [1.29, 1.82) is 0 Å². The van der Waals surface area contributed by atoms with Crippen LogP contribution in [0.1, 0.15) is 28.5 Å². The number of ether oxygens (including phenoxy) is 1. The minimum atomic E-state index is 0. The molecule has 31 heavy (non-hydrogen) atoms. The van der Waals surface area contributed by atoms with Crippen molar-refractivity contribution in [3.8, 4) is 11.5 Å². The monoisotopic (exact) mass is 532 g/mol. The molecule has 164 valence electrons. The number of aromatic nitrogens is 1. The minimum absolute atomic E-state index is 0. The summed E-state index contributed by atoms with van der Waals surface area (Å²) >= 11 is 0. The first kappa shape index (κ1) is 23.3. The van der Waals surface area contributed by atoms with Gasteiger partial charge in [0.15, 0.2) is 5.96 Å². The Bertz CT molecular complexity index is 1020. The number of halogens is 1. The molecule has 0 amide bonds. The van der Waals surface area contributed by atoms with Crippen LogP contribution in [0.3, 0.4) is 0 Å². The highest BCUT2D eigenvalue weighted by Crippen LogP contribution is 2.26. The molecular formula is C24H29IN4O2. The predicted molar refractivity (Wildman–Crippen MR) is 134 cm³/mol. The van der Waals surface area contributed by atoms with E-state index in [1.54, 1.807) is 6.26 Å². The lowest BCUT2D eigenvalue weighted by Crippen LogP contribution is -2.48. The number of nitrogens with zero attached hydrogens (tertiary/aromatic N) is 3. The summed E-state index contributed by atoms with van der Waals surface area (Å²) in [5, 5.41) is 3.41. The van der Waals surface area contributed by atoms with E-state index in [-0.39, 0.29) is 30.1 Å². The van der Waals surface area contributed by atoms with Gasteiger partial charge in [-0.25, -0.2) is 4.98 Å². The van der Waals surface area contributed by atoms with Crippen molar-refractivity contribution in [3.05, 3.63) is 77.2 Å². The number of morpholine rings is 1. The average molecular weight is 532 g/mol. The molecule has 0 saturated carbocycles. The van der Waals surface area contributed by atoms with Gasteiger partial charge in [-0.1, -0.05) is 42.0 Å². The molecule has 0 aliphatic carbocycles. The van der Waals surface area contributed by atoms with Gasteiger partial charge < -0.3 is 19.4 Å². The van der Waals surface area contributed by atoms with Crippen LogP contribution in [-0.2, 0) is 11.3 Å². The lowest BCUT2D eigenvalue weighted by Gasteiger charge is -2.35. The van der Waals surface area contributed by atoms with E-state index in [0.29, 0.717) is 19.0 Å². The largest absolute Gasteiger partial charge is 0.444 e. The Morgan fingerprint density at radius 1 is 1.19 bits per heavy atom. The van der Waals surface area contributed by atoms with Crippen molar-refractivity contribution >= 4 is 29.9 Å². The number of hydrogen-bond donors (Lipinski definition) is 1. The zero-order valence-corrected chi connectivity index (χ0v) is 20.5. The number of aliphatic imine (C=N–C) groups is 1. The van der Waals surface area contributed by atoms with E-state index in [2.05, 4.69) is 52.2 Å². The number of aryl methyl sites for hydroxylation is 2. The van der Waals surface area contributed by atoms with Crippen molar-refractivity contribution in [2.75, 3.05) is 26.7 Å². The van der Waals surface area contributed by atoms with Crippen molar-refractivity contribution in [2.24, 2.45) is 4.99 Å². The highest BCUT2D eigenvalue weighted by atomic mass is 127. The van der Waals surface area contributed by atoms with Gasteiger partial charge in [-0.3, -0.25) is 4.99 Å². The SMILES string of the molecule is CN=C(NCc1coc(-c2ccccc2)n1)N1CCOC(c2ccc(C)cc2C)C1.I. The Kier molecular flexibility index (Phi) is 8.09. The predicted octanol–water partition coefficient (Wildman–Crippen LogP) is 4.73. The number of hydrogen-bond acceptors (Lipinski definition) is 4. The van der Waals surface area contributed by atoms with Gasteiger partial charge in [0, 0.05) is 19.2 Å². The Morgan fingerprint density at radius 3 is 2.74 bits per heavy atom. The Morgan fingerprint density at radius 2 is 2.00 bits per heavy atom. The van der Waals surface area contributed by atoms with Crippen molar-refractivity contribution in [1.82, 2.24) is 15.2 Å². The van der Waals surface area contributed by atoms with Gasteiger partial charge in [0.25, 0.3) is 0 Å². The van der Waals surface area contributed by atoms with Crippen LogP contribution < -0.4 is 5.32 Å². The molecule has 1 fully saturated rings. The summed E-state index contributed by atoms with van der Waals surface area (Å²) in [4.78, 5) is 11.3. The lowest BCUT2D eigenvalue weighted by molar-refractivity contribution is -0.00835. The molecule has 6 nitrogen and oxygen atoms in total. The van der Waals surface area contributed by atoms with Gasteiger partial charge >= 0.3 is 0 Å². The molecule has 7 heteroatoms. The molecule has 1 atom stereocenters. The van der Waals surface area contributed by atoms with E-state index in [9.17, 15) is 0 Å². The van der Waals surface area contributed by atoms with Gasteiger partial charge in [0.1, 0.15) is 12.4 Å². The van der Waals surface area contributed by atoms with Crippen LogP contribution in [0.5, 0.6) is 0 Å². The number of benzene rings is 2. The molecule has 1 aromatic heterocycles. The average Bonchev–Trinajstić information content (AvgIpc) is 3.24. The summed E-state index contributed by atoms with van der Waals surface area (Å²) in [6.45, 7) is 7.04. The van der Waals surface area contributed by atoms with Crippen LogP contribution in [0, 0.1) is 13.8 Å². The minimum Gasteiger partial charge on any atom is -0.444 e. The van der Waals surface area contributed by atoms with Gasteiger partial charge in [-0.05, 0) is 37.1 Å². The molecule has 1 unspecified atom stereocenters. The molecule has 2 aromatic carbocycles. The molecule has 1 aliphatic heterocycles. The number of nitrogens with one attached hydrogen (secondary N) is 1. The summed E-state index contributed by atoms with van der Waals surface area (Å²) in [6, 6.07) is 16.4. The number of rotatable bonds is 4. The van der Waals surface area contributed by atoms with Crippen LogP contribution in [0.15, 0.2) is 64.2 Å². The van der Waals surface area contributed by atoms with E-state index in [4.69, 9.17) is 9.15 Å². The first-order valence-corrected chi connectivity index (χ1v) is 10.3. The molecule has 4 rings (SSSR count). The van der Waals surface area contributed by atoms with Crippen molar-refractivity contribution < 1.29 is 9.15 Å². The normalized spacial score (nSPS) is 16.7. The first-order valence-electron chi connectivity index (χ1n) is 10.3. The van der Waals surface area contributed by atoms with E-state index in [1.165, 1.54) is 16.7 Å². The smallest absolute Gasteiger partial charge is 0.226 e. The van der Waals surface area contributed by atoms with Crippen LogP contribution in [0.2, 0.25) is 0 Å². The molecule has 3 aromatic rings. The van der Waals surface area contributed by atoms with E-state index in [0.717, 1.165) is 30.3 Å². The van der Waals surface area contributed by atoms with Gasteiger partial charge in [0.05, 0.1) is 25.4 Å². The van der Waals surface area contributed by atoms with E-state index < -0.39 is 0 Å². The second kappa shape index (κ2) is 10.8. The van der Waals surface area contributed by atoms with Gasteiger partial charge in [-0.15, -0.1) is 24.0 Å². The topological polar surface area (TPSA) is 62.9 Å². The standard InChI is InChI=1S/C24H28N4O2.HI/c1-17-9-10-21(18(2)13-17)22-15-28(11-12-29-22)24(25-3)26-14-20-16-30-23(27-20)19-7-5-4-6-8-19;/h4-10,13,16,22H,11-12,14-15H2,1-3H3,(H,25,26);1H. The number of oxazole rings is 1. The zero-order valence-electron chi connectivity index (χ0n) is 18.2. The van der Waals surface area contributed by atoms with Gasteiger partial charge in [0.2, 0.25) is 5.89 Å². The van der Waals surface area contributed by atoms with Crippen molar-refractivity contribution in [2.45, 2.75) is 26.5 Å². The van der Waals surface area contributed by atoms with Crippen molar-refractivity contribution in [3.63, 3.8) is 0 Å². The molecule has 0 spiro atoms. The maximum atomic E-state index is 6.07. The fourth-order valence-corrected chi connectivity index (χ4v) is 3.82. The van der Waals surface area contributed by atoms with E-state index >= 15 is 0 Å². The number of guanidine groups is 1. The Balaban J connectivity index is 0.00000272. The second-order valence-electron chi connectivity index (χ2n) is 7.58. The first-order chi connectivity index (χ1) is 14.6. The third-order valence-electron chi connectivity index (χ3n) is 5.35.